The van der Waals surface area contributed by atoms with Gasteiger partial charge in [-0.2, -0.15) is 0 Å². The van der Waals surface area contributed by atoms with Gasteiger partial charge in [0.25, 0.3) is 0 Å². The Morgan fingerprint density at radius 3 is 1.77 bits per heavy atom. The fraction of sp³-hybridized carbons (Fsp3) is 0.250. The number of hydrogen-bond donors (Lipinski definition) is 1. The van der Waals surface area contributed by atoms with Crippen LogP contribution in [0.1, 0.15) is 25.8 Å². The van der Waals surface area contributed by atoms with Gasteiger partial charge >= 0.3 is 0 Å². The Labute approximate surface area is 159 Å². The first-order chi connectivity index (χ1) is 12.6. The summed E-state index contributed by atoms with van der Waals surface area (Å²) >= 11 is 0. The lowest BCUT2D eigenvalue weighted by Gasteiger charge is -2.29. The van der Waals surface area contributed by atoms with E-state index in [4.69, 9.17) is 0 Å². The lowest BCUT2D eigenvalue weighted by Crippen LogP contribution is -2.26. The minimum Gasteiger partial charge on any atom is -0.382 e. The second-order valence-corrected chi connectivity index (χ2v) is 9.64. The second-order valence-electron chi connectivity index (χ2n) is 6.99. The zero-order valence-electron chi connectivity index (χ0n) is 15.9. The molecule has 134 valence electrons. The lowest BCUT2D eigenvalue weighted by atomic mass is 10.1. The molecule has 0 heterocycles. The van der Waals surface area contributed by atoms with E-state index in [0.717, 1.165) is 6.42 Å². The van der Waals surface area contributed by atoms with Crippen LogP contribution in [-0.2, 0) is 0 Å². The molecule has 1 nitrogen and oxygen atoms in total. The number of benzene rings is 3. The van der Waals surface area contributed by atoms with Crippen molar-refractivity contribution in [1.82, 2.24) is 0 Å². The first-order valence-corrected chi connectivity index (χ1v) is 10.8. The molecule has 0 amide bonds. The molecule has 3 aromatic carbocycles. The van der Waals surface area contributed by atoms with E-state index in [0.29, 0.717) is 11.7 Å². The second kappa shape index (κ2) is 9.01. The molecule has 0 spiro atoms. The average molecular weight is 361 g/mol. The number of para-hydroxylation sites is 1. The van der Waals surface area contributed by atoms with Gasteiger partial charge in [0.1, 0.15) is 0 Å². The zero-order valence-corrected chi connectivity index (χ0v) is 16.8. The van der Waals surface area contributed by atoms with Gasteiger partial charge < -0.3 is 5.32 Å². The molecule has 3 aromatic rings. The van der Waals surface area contributed by atoms with E-state index in [9.17, 15) is 0 Å². The van der Waals surface area contributed by atoms with Gasteiger partial charge in [-0.1, -0.05) is 85.8 Å². The number of hydrogen-bond acceptors (Lipinski definition) is 1. The normalized spacial score (nSPS) is 13.4. The van der Waals surface area contributed by atoms with Crippen LogP contribution in [-0.4, -0.2) is 11.7 Å². The molecule has 0 saturated carbocycles. The summed E-state index contributed by atoms with van der Waals surface area (Å²) in [4.78, 5) is 0. The fourth-order valence-electron chi connectivity index (χ4n) is 3.51. The standard InChI is InChI=1S/C24H28NP/c1-19-12-10-11-17-24(19)25-20(2)18-21(3)26(22-13-6-4-7-14-22)23-15-8-5-9-16-23/h4-17,20-21,25H,18H2,1-3H3/t20-,21-/m0/s1. The molecule has 0 saturated heterocycles. The predicted molar refractivity (Wildman–Crippen MR) is 117 cm³/mol. The van der Waals surface area contributed by atoms with Crippen LogP contribution in [0.4, 0.5) is 5.69 Å². The summed E-state index contributed by atoms with van der Waals surface area (Å²) in [5.41, 5.74) is 3.15. The molecule has 0 aromatic heterocycles. The van der Waals surface area contributed by atoms with Crippen molar-refractivity contribution in [2.75, 3.05) is 5.32 Å². The molecule has 0 fully saturated rings. The molecule has 0 aliphatic carbocycles. The SMILES string of the molecule is Cc1ccccc1N[C@@H](C)C[C@H](C)P(c1ccccc1)c1ccccc1. The maximum atomic E-state index is 3.71. The van der Waals surface area contributed by atoms with Crippen LogP contribution in [0.2, 0.25) is 0 Å². The van der Waals surface area contributed by atoms with Crippen molar-refractivity contribution in [2.24, 2.45) is 0 Å². The number of rotatable bonds is 7. The van der Waals surface area contributed by atoms with E-state index in [-0.39, 0.29) is 7.92 Å². The predicted octanol–water partition coefficient (Wildman–Crippen LogP) is 5.71. The van der Waals surface area contributed by atoms with Crippen LogP contribution in [0.25, 0.3) is 0 Å². The van der Waals surface area contributed by atoms with Crippen molar-refractivity contribution in [2.45, 2.75) is 38.9 Å². The Kier molecular flexibility index (Phi) is 6.47. The molecule has 0 aliphatic rings. The number of aryl methyl sites for hydroxylation is 1. The third-order valence-corrected chi connectivity index (χ3v) is 7.55. The molecule has 3 rings (SSSR count). The van der Waals surface area contributed by atoms with Crippen LogP contribution < -0.4 is 15.9 Å². The summed E-state index contributed by atoms with van der Waals surface area (Å²) in [5, 5.41) is 6.63. The number of nitrogens with one attached hydrogen (secondary N) is 1. The topological polar surface area (TPSA) is 12.0 Å². The molecule has 2 atom stereocenters. The smallest absolute Gasteiger partial charge is 0.0371 e. The largest absolute Gasteiger partial charge is 0.382 e. The highest BCUT2D eigenvalue weighted by Crippen LogP contribution is 2.41. The average Bonchev–Trinajstić information content (AvgIpc) is 2.65. The lowest BCUT2D eigenvalue weighted by molar-refractivity contribution is 0.698. The third kappa shape index (κ3) is 4.74. The quantitative estimate of drug-likeness (QED) is 0.532. The van der Waals surface area contributed by atoms with Gasteiger partial charge in [-0.15, -0.1) is 0 Å². The maximum absolute atomic E-state index is 3.71. The minimum atomic E-state index is -0.367. The highest BCUT2D eigenvalue weighted by atomic mass is 31.1. The molecule has 0 unspecified atom stereocenters. The fourth-order valence-corrected chi connectivity index (χ4v) is 6.34. The van der Waals surface area contributed by atoms with Crippen molar-refractivity contribution < 1.29 is 0 Å². The molecule has 2 heteroatoms. The van der Waals surface area contributed by atoms with Crippen LogP contribution in [0, 0.1) is 6.92 Å². The summed E-state index contributed by atoms with van der Waals surface area (Å²) < 4.78 is 0. The van der Waals surface area contributed by atoms with Gasteiger partial charge in [0, 0.05) is 11.7 Å². The first kappa shape index (κ1) is 18.7. The minimum absolute atomic E-state index is 0.367. The van der Waals surface area contributed by atoms with Gasteiger partial charge in [-0.3, -0.25) is 0 Å². The van der Waals surface area contributed by atoms with Crippen molar-refractivity contribution in [3.63, 3.8) is 0 Å². The monoisotopic (exact) mass is 361 g/mol. The highest BCUT2D eigenvalue weighted by Gasteiger charge is 2.22. The van der Waals surface area contributed by atoms with Crippen LogP contribution >= 0.6 is 7.92 Å². The highest BCUT2D eigenvalue weighted by molar-refractivity contribution is 7.73. The first-order valence-electron chi connectivity index (χ1n) is 9.36. The molecular weight excluding hydrogens is 333 g/mol. The molecular formula is C24H28NP. The summed E-state index contributed by atoms with van der Waals surface area (Å²) in [6, 6.07) is 31.0. The maximum Gasteiger partial charge on any atom is 0.0371 e. The summed E-state index contributed by atoms with van der Waals surface area (Å²) in [7, 11) is -0.367. The Morgan fingerprint density at radius 1 is 0.731 bits per heavy atom. The van der Waals surface area contributed by atoms with Crippen molar-refractivity contribution >= 4 is 24.2 Å². The van der Waals surface area contributed by atoms with Crippen molar-refractivity contribution in [3.8, 4) is 0 Å². The summed E-state index contributed by atoms with van der Waals surface area (Å²) in [6.45, 7) is 6.87. The van der Waals surface area contributed by atoms with Crippen LogP contribution in [0.3, 0.4) is 0 Å². The summed E-state index contributed by atoms with van der Waals surface area (Å²) in [6.07, 6.45) is 1.14. The molecule has 1 N–H and O–H groups in total. The van der Waals surface area contributed by atoms with Gasteiger partial charge in [-0.05, 0) is 56.1 Å². The van der Waals surface area contributed by atoms with Crippen LogP contribution in [0.15, 0.2) is 84.9 Å². The van der Waals surface area contributed by atoms with Crippen LogP contribution in [0.5, 0.6) is 0 Å². The Morgan fingerprint density at radius 2 is 1.23 bits per heavy atom. The molecule has 0 bridgehead atoms. The van der Waals surface area contributed by atoms with Gasteiger partial charge in [0.05, 0.1) is 0 Å². The third-order valence-electron chi connectivity index (χ3n) is 4.75. The number of anilines is 1. The van der Waals surface area contributed by atoms with Gasteiger partial charge in [0.15, 0.2) is 0 Å². The Bertz CT molecular complexity index is 761. The molecule has 26 heavy (non-hydrogen) atoms. The molecule has 0 aliphatic heterocycles. The van der Waals surface area contributed by atoms with E-state index in [2.05, 4.69) is 111 Å². The van der Waals surface area contributed by atoms with E-state index >= 15 is 0 Å². The Balaban J connectivity index is 1.77. The van der Waals surface area contributed by atoms with Gasteiger partial charge in [0.2, 0.25) is 0 Å². The van der Waals surface area contributed by atoms with E-state index in [1.807, 2.05) is 0 Å². The van der Waals surface area contributed by atoms with Crippen molar-refractivity contribution in [3.05, 3.63) is 90.5 Å². The Hall–Kier alpha value is -2.11. The van der Waals surface area contributed by atoms with E-state index in [1.165, 1.54) is 21.9 Å². The van der Waals surface area contributed by atoms with E-state index in [1.54, 1.807) is 0 Å². The van der Waals surface area contributed by atoms with E-state index < -0.39 is 0 Å². The molecule has 0 radical (unpaired) electrons. The summed E-state index contributed by atoms with van der Waals surface area (Å²) in [5.74, 6) is 0. The zero-order chi connectivity index (χ0) is 18.4. The van der Waals surface area contributed by atoms with Gasteiger partial charge in [-0.25, -0.2) is 0 Å². The van der Waals surface area contributed by atoms with Crippen molar-refractivity contribution in [1.29, 1.82) is 0 Å².